The number of aromatic nitrogens is 4. The zero-order valence-corrected chi connectivity index (χ0v) is 15.2. The number of fused-ring (bicyclic) bond motifs is 1. The van der Waals surface area contributed by atoms with Gasteiger partial charge in [0, 0.05) is 31.5 Å². The van der Waals surface area contributed by atoms with Crippen molar-refractivity contribution in [2.24, 2.45) is 12.8 Å². The molecule has 0 spiro atoms. The van der Waals surface area contributed by atoms with Crippen molar-refractivity contribution in [2.75, 3.05) is 18.9 Å². The van der Waals surface area contributed by atoms with Crippen molar-refractivity contribution in [1.82, 2.24) is 25.5 Å². The maximum absolute atomic E-state index is 11.0. The number of hydrogen-bond acceptors (Lipinski definition) is 7. The maximum atomic E-state index is 11.0. The van der Waals surface area contributed by atoms with Crippen LogP contribution in [-0.4, -0.2) is 45.0 Å². The fourth-order valence-electron chi connectivity index (χ4n) is 2.55. The molecule has 8 nitrogen and oxygen atoms in total. The average Bonchev–Trinajstić information content (AvgIpc) is 3.05. The van der Waals surface area contributed by atoms with Crippen LogP contribution < -0.4 is 15.8 Å². The Balaban J connectivity index is 1.65. The van der Waals surface area contributed by atoms with Crippen LogP contribution >= 0.6 is 11.8 Å². The van der Waals surface area contributed by atoms with Crippen molar-refractivity contribution >= 4 is 28.4 Å². The van der Waals surface area contributed by atoms with Crippen LogP contribution in [0.4, 0.5) is 0 Å². The Morgan fingerprint density at radius 1 is 1.31 bits per heavy atom. The van der Waals surface area contributed by atoms with E-state index in [-0.39, 0.29) is 6.61 Å². The first-order chi connectivity index (χ1) is 12.6. The van der Waals surface area contributed by atoms with Gasteiger partial charge in [-0.05, 0) is 27.3 Å². The summed E-state index contributed by atoms with van der Waals surface area (Å²) in [5.41, 5.74) is 6.21. The third-order valence-electron chi connectivity index (χ3n) is 3.76. The van der Waals surface area contributed by atoms with Crippen LogP contribution in [0, 0.1) is 0 Å². The molecule has 0 aliphatic carbocycles. The van der Waals surface area contributed by atoms with Crippen LogP contribution in [0.2, 0.25) is 0 Å². The van der Waals surface area contributed by atoms with Gasteiger partial charge >= 0.3 is 0 Å². The molecule has 1 heterocycles. The molecule has 1 aromatic heterocycles. The van der Waals surface area contributed by atoms with Crippen molar-refractivity contribution in [3.05, 3.63) is 42.0 Å². The van der Waals surface area contributed by atoms with Gasteiger partial charge in [0.05, 0.1) is 0 Å². The quantitative estimate of drug-likeness (QED) is 0.428. The number of amides is 1. The molecule has 3 rings (SSSR count). The molecule has 3 N–H and O–H groups in total. The lowest BCUT2D eigenvalue weighted by Crippen LogP contribution is -2.22. The second kappa shape index (κ2) is 8.63. The lowest BCUT2D eigenvalue weighted by atomic mass is 10.0. The number of nitrogens with zero attached hydrogens (tertiary/aromatic N) is 4. The number of ether oxygens (including phenoxy) is 1. The zero-order chi connectivity index (χ0) is 18.4. The van der Waals surface area contributed by atoms with Crippen molar-refractivity contribution < 1.29 is 9.53 Å². The van der Waals surface area contributed by atoms with E-state index in [1.807, 2.05) is 43.4 Å². The fraction of sp³-hybridized carbons (Fsp3) is 0.294. The van der Waals surface area contributed by atoms with E-state index in [1.54, 1.807) is 16.4 Å². The first kappa shape index (κ1) is 18.2. The topological polar surface area (TPSA) is 108 Å². The number of thioether (sulfide) groups is 1. The van der Waals surface area contributed by atoms with Crippen molar-refractivity contribution in [2.45, 2.75) is 11.7 Å². The number of hydrogen-bond donors (Lipinski definition) is 2. The summed E-state index contributed by atoms with van der Waals surface area (Å²) in [5.74, 6) is 1.00. The number of primary amides is 1. The maximum Gasteiger partial charge on any atom is 0.255 e. The summed E-state index contributed by atoms with van der Waals surface area (Å²) in [6.07, 6.45) is 0. The molecule has 0 aliphatic rings. The first-order valence-electron chi connectivity index (χ1n) is 8.13. The SMILES string of the molecule is Cn1nnnc1SCCNCc1c(OCC(N)=O)ccc2ccccc12. The standard InChI is InChI=1S/C17H20N6O2S/c1-23-17(20-21-22-23)26-9-8-19-10-14-13-5-3-2-4-12(13)6-7-15(14)25-11-16(18)24/h2-7,19H,8-11H2,1H3,(H2,18,24). The van der Waals surface area contributed by atoms with E-state index < -0.39 is 5.91 Å². The number of aryl methyl sites for hydroxylation is 1. The van der Waals surface area contributed by atoms with Gasteiger partial charge in [0.2, 0.25) is 5.16 Å². The van der Waals surface area contributed by atoms with Crippen LogP contribution in [0.1, 0.15) is 5.56 Å². The minimum absolute atomic E-state index is 0.139. The third-order valence-corrected chi connectivity index (χ3v) is 4.77. The fourth-order valence-corrected chi connectivity index (χ4v) is 3.30. The third kappa shape index (κ3) is 4.50. The van der Waals surface area contributed by atoms with Gasteiger partial charge < -0.3 is 15.8 Å². The van der Waals surface area contributed by atoms with E-state index >= 15 is 0 Å². The molecule has 9 heteroatoms. The van der Waals surface area contributed by atoms with Crippen LogP contribution in [0.15, 0.2) is 41.6 Å². The lowest BCUT2D eigenvalue weighted by Gasteiger charge is -2.14. The molecule has 136 valence electrons. The highest BCUT2D eigenvalue weighted by molar-refractivity contribution is 7.99. The van der Waals surface area contributed by atoms with Crippen molar-refractivity contribution in [1.29, 1.82) is 0 Å². The predicted molar refractivity (Wildman–Crippen MR) is 99.9 cm³/mol. The molecule has 0 aliphatic heterocycles. The average molecular weight is 372 g/mol. The second-order valence-corrected chi connectivity index (χ2v) is 6.69. The zero-order valence-electron chi connectivity index (χ0n) is 14.4. The number of benzene rings is 2. The largest absolute Gasteiger partial charge is 0.483 e. The van der Waals surface area contributed by atoms with Gasteiger partial charge in [-0.3, -0.25) is 4.79 Å². The Bertz CT molecular complexity index is 898. The highest BCUT2D eigenvalue weighted by atomic mass is 32.2. The summed E-state index contributed by atoms with van der Waals surface area (Å²) in [6.45, 7) is 1.25. The number of nitrogens with one attached hydrogen (secondary N) is 1. The highest BCUT2D eigenvalue weighted by Gasteiger charge is 2.10. The molecular formula is C17H20N6O2S. The Morgan fingerprint density at radius 3 is 2.92 bits per heavy atom. The van der Waals surface area contributed by atoms with Crippen LogP contribution in [0.3, 0.4) is 0 Å². The smallest absolute Gasteiger partial charge is 0.255 e. The second-order valence-electron chi connectivity index (χ2n) is 5.63. The summed E-state index contributed by atoms with van der Waals surface area (Å²) in [7, 11) is 1.81. The van der Waals surface area contributed by atoms with E-state index in [4.69, 9.17) is 10.5 Å². The Hall–Kier alpha value is -2.65. The van der Waals surface area contributed by atoms with E-state index in [9.17, 15) is 4.79 Å². The Morgan fingerprint density at radius 2 is 2.15 bits per heavy atom. The molecule has 0 bridgehead atoms. The molecule has 0 atom stereocenters. The molecule has 3 aromatic rings. The summed E-state index contributed by atoms with van der Waals surface area (Å²) in [4.78, 5) is 11.0. The van der Waals surface area contributed by atoms with E-state index in [1.165, 1.54) is 0 Å². The molecule has 0 unspecified atom stereocenters. The van der Waals surface area contributed by atoms with Crippen molar-refractivity contribution in [3.8, 4) is 5.75 Å². The van der Waals surface area contributed by atoms with E-state index in [0.717, 1.165) is 33.8 Å². The summed E-state index contributed by atoms with van der Waals surface area (Å²) >= 11 is 1.58. The molecule has 2 aromatic carbocycles. The monoisotopic (exact) mass is 372 g/mol. The normalized spacial score (nSPS) is 11.0. The minimum atomic E-state index is -0.495. The van der Waals surface area contributed by atoms with Gasteiger partial charge in [-0.25, -0.2) is 4.68 Å². The van der Waals surface area contributed by atoms with Gasteiger partial charge in [-0.2, -0.15) is 0 Å². The van der Waals surface area contributed by atoms with E-state index in [2.05, 4.69) is 20.8 Å². The molecule has 0 saturated carbocycles. The van der Waals surface area contributed by atoms with Crippen LogP contribution in [-0.2, 0) is 18.4 Å². The molecule has 1 amide bonds. The number of carbonyl (C=O) groups is 1. The number of tetrazole rings is 1. The summed E-state index contributed by atoms with van der Waals surface area (Å²) in [5, 5.41) is 17.8. The highest BCUT2D eigenvalue weighted by Crippen LogP contribution is 2.28. The number of rotatable bonds is 9. The van der Waals surface area contributed by atoms with Crippen LogP contribution in [0.25, 0.3) is 10.8 Å². The van der Waals surface area contributed by atoms with Gasteiger partial charge in [-0.15, -0.1) is 5.10 Å². The van der Waals surface area contributed by atoms with Gasteiger partial charge in [0.1, 0.15) is 5.75 Å². The molecule has 0 fully saturated rings. The van der Waals surface area contributed by atoms with Gasteiger partial charge in [0.25, 0.3) is 5.91 Å². The number of nitrogens with two attached hydrogens (primary N) is 1. The summed E-state index contributed by atoms with van der Waals surface area (Å²) in [6, 6.07) is 11.9. The lowest BCUT2D eigenvalue weighted by molar-refractivity contribution is -0.119. The van der Waals surface area contributed by atoms with Gasteiger partial charge in [-0.1, -0.05) is 42.1 Å². The Kier molecular flexibility index (Phi) is 6.03. The minimum Gasteiger partial charge on any atom is -0.483 e. The number of carbonyl (C=O) groups excluding carboxylic acids is 1. The molecular weight excluding hydrogens is 352 g/mol. The Labute approximate surface area is 155 Å². The summed E-state index contributed by atoms with van der Waals surface area (Å²) < 4.78 is 7.23. The first-order valence-corrected chi connectivity index (χ1v) is 9.11. The van der Waals surface area contributed by atoms with Crippen molar-refractivity contribution in [3.63, 3.8) is 0 Å². The van der Waals surface area contributed by atoms with E-state index in [0.29, 0.717) is 12.3 Å². The van der Waals surface area contributed by atoms with Crippen LogP contribution in [0.5, 0.6) is 5.75 Å². The molecule has 26 heavy (non-hydrogen) atoms. The van der Waals surface area contributed by atoms with Gasteiger partial charge in [0.15, 0.2) is 6.61 Å². The molecule has 0 radical (unpaired) electrons. The molecule has 0 saturated heterocycles. The predicted octanol–water partition coefficient (Wildman–Crippen LogP) is 1.11.